The molecule has 2 rings (SSSR count). The number of benzene rings is 1. The number of nitrogens with one attached hydrogen (secondary N) is 1. The molecule has 134 valence electrons. The molecule has 0 saturated carbocycles. The normalized spacial score (nSPS) is 12.6. The Morgan fingerprint density at radius 1 is 1.44 bits per heavy atom. The molecule has 1 aromatic heterocycles. The van der Waals surface area contributed by atoms with E-state index in [1.165, 1.54) is 6.92 Å². The Bertz CT molecular complexity index is 812. The van der Waals surface area contributed by atoms with E-state index in [0.29, 0.717) is 10.4 Å². The number of carbonyl (C=O) groups excluding carboxylic acids is 1. The Balaban J connectivity index is 2.20. The van der Waals surface area contributed by atoms with Crippen LogP contribution in [0.3, 0.4) is 0 Å². The molecule has 1 aromatic carbocycles. The van der Waals surface area contributed by atoms with Crippen LogP contribution in [-0.2, 0) is 11.0 Å². The first-order valence-corrected chi connectivity index (χ1v) is 8.19. The van der Waals surface area contributed by atoms with Crippen LogP contribution in [0.4, 0.5) is 29.7 Å². The molecule has 0 aliphatic carbocycles. The average Bonchev–Trinajstić information content (AvgIpc) is 2.91. The number of carbonyl (C=O) groups is 1. The summed E-state index contributed by atoms with van der Waals surface area (Å²) in [7, 11) is 0. The minimum Gasteiger partial charge on any atom is -0.374 e. The van der Waals surface area contributed by atoms with Crippen molar-refractivity contribution < 1.29 is 22.9 Å². The maximum atomic E-state index is 13.1. The number of nitrogens with zero attached hydrogens (tertiary/aromatic N) is 3. The van der Waals surface area contributed by atoms with Gasteiger partial charge in [0, 0.05) is 12.1 Å². The number of non-ortho nitro benzene ring substituents is 1. The monoisotopic (exact) mass is 393 g/mol. The van der Waals surface area contributed by atoms with Crippen LogP contribution >= 0.6 is 23.1 Å². The van der Waals surface area contributed by atoms with Gasteiger partial charge in [0.25, 0.3) is 5.69 Å². The Morgan fingerprint density at radius 2 is 2.12 bits per heavy atom. The molecule has 0 unspecified atom stereocenters. The number of nitro groups is 1. The van der Waals surface area contributed by atoms with Gasteiger partial charge in [-0.15, -0.1) is 10.2 Å². The van der Waals surface area contributed by atoms with E-state index in [2.05, 4.69) is 15.5 Å². The molecule has 0 bridgehead atoms. The highest BCUT2D eigenvalue weighted by Gasteiger charge is 2.36. The summed E-state index contributed by atoms with van der Waals surface area (Å²) in [5.74, 6) is -0.724. The lowest BCUT2D eigenvalue weighted by molar-refractivity contribution is -0.385. The van der Waals surface area contributed by atoms with Gasteiger partial charge in [-0.25, -0.2) is 0 Å². The van der Waals surface area contributed by atoms with Gasteiger partial charge in [-0.2, -0.15) is 13.2 Å². The zero-order chi connectivity index (χ0) is 18.8. The zero-order valence-electron chi connectivity index (χ0n) is 12.4. The summed E-state index contributed by atoms with van der Waals surface area (Å²) in [6.07, 6.45) is -4.86. The van der Waals surface area contributed by atoms with Crippen molar-refractivity contribution in [1.29, 1.82) is 0 Å². The van der Waals surface area contributed by atoms with Crippen LogP contribution in [0, 0.1) is 10.1 Å². The zero-order valence-corrected chi connectivity index (χ0v) is 14.0. The van der Waals surface area contributed by atoms with E-state index < -0.39 is 39.2 Å². The Morgan fingerprint density at radius 3 is 2.64 bits per heavy atom. The summed E-state index contributed by atoms with van der Waals surface area (Å²) in [6, 6.07) is 2.10. The summed E-state index contributed by atoms with van der Waals surface area (Å²) in [6.45, 7) is 1.47. The van der Waals surface area contributed by atoms with Gasteiger partial charge < -0.3 is 11.1 Å². The third-order valence-electron chi connectivity index (χ3n) is 2.85. The molecule has 25 heavy (non-hydrogen) atoms. The van der Waals surface area contributed by atoms with Gasteiger partial charge in [0.2, 0.25) is 11.0 Å². The van der Waals surface area contributed by atoms with Crippen molar-refractivity contribution >= 4 is 45.5 Å². The topological polar surface area (TPSA) is 124 Å². The number of nitrogens with two attached hydrogens (primary N) is 1. The third-order valence-corrected chi connectivity index (χ3v) is 4.78. The molecule has 0 saturated heterocycles. The highest BCUT2D eigenvalue weighted by molar-refractivity contribution is 8.02. The molecular formula is C12H10F3N5O3S2. The van der Waals surface area contributed by atoms with E-state index in [9.17, 15) is 28.1 Å². The molecule has 1 atom stereocenters. The number of hydrogen-bond acceptors (Lipinski definition) is 8. The molecule has 8 nitrogen and oxygen atoms in total. The smallest absolute Gasteiger partial charge is 0.374 e. The van der Waals surface area contributed by atoms with Crippen molar-refractivity contribution in [3.05, 3.63) is 33.9 Å². The fourth-order valence-electron chi connectivity index (χ4n) is 1.70. The number of nitro benzene ring substituents is 1. The number of rotatable bonds is 5. The van der Waals surface area contributed by atoms with Crippen LogP contribution in [0.15, 0.2) is 22.5 Å². The maximum absolute atomic E-state index is 13.1. The first-order chi connectivity index (χ1) is 11.6. The van der Waals surface area contributed by atoms with E-state index in [0.717, 1.165) is 35.2 Å². The van der Waals surface area contributed by atoms with Crippen LogP contribution in [0.1, 0.15) is 12.5 Å². The van der Waals surface area contributed by atoms with E-state index in [4.69, 9.17) is 5.73 Å². The van der Waals surface area contributed by atoms with E-state index in [-0.39, 0.29) is 5.13 Å². The predicted octanol–water partition coefficient (Wildman–Crippen LogP) is 3.17. The first kappa shape index (κ1) is 18.9. The number of amides is 1. The van der Waals surface area contributed by atoms with Crippen molar-refractivity contribution in [3.8, 4) is 0 Å². The number of alkyl halides is 3. The highest BCUT2D eigenvalue weighted by atomic mass is 32.2. The lowest BCUT2D eigenvalue weighted by Crippen LogP contribution is -2.24. The standard InChI is InChI=1S/C12H10F3N5O3S2/c1-5(24-11-19-18-10(16)25-11)9(21)17-8-3-2-6(20(22)23)4-7(8)12(13,14)15/h2-5H,1H3,(H2,16,18)(H,17,21)/t5-/m1/s1. The Kier molecular flexibility index (Phi) is 5.47. The van der Waals surface area contributed by atoms with Crippen molar-refractivity contribution in [2.24, 2.45) is 0 Å². The first-order valence-electron chi connectivity index (χ1n) is 6.50. The second-order valence-corrected chi connectivity index (χ2v) is 7.24. The minimum absolute atomic E-state index is 0.199. The lowest BCUT2D eigenvalue weighted by Gasteiger charge is -2.15. The van der Waals surface area contributed by atoms with E-state index >= 15 is 0 Å². The molecule has 0 radical (unpaired) electrons. The number of hydrogen-bond donors (Lipinski definition) is 2. The predicted molar refractivity (Wildman–Crippen MR) is 86.4 cm³/mol. The van der Waals surface area contributed by atoms with Crippen molar-refractivity contribution in [3.63, 3.8) is 0 Å². The SMILES string of the molecule is C[C@@H](Sc1nnc(N)s1)C(=O)Nc1ccc([N+](=O)[O-])cc1C(F)(F)F. The van der Waals surface area contributed by atoms with Crippen molar-refractivity contribution in [2.45, 2.75) is 22.7 Å². The maximum Gasteiger partial charge on any atom is 0.418 e. The summed E-state index contributed by atoms with van der Waals surface area (Å²) >= 11 is 2.01. The van der Waals surface area contributed by atoms with Crippen LogP contribution in [0.2, 0.25) is 0 Å². The Labute approximate surface area is 146 Å². The second-order valence-electron chi connectivity index (χ2n) is 4.64. The van der Waals surface area contributed by atoms with E-state index in [1.807, 2.05) is 0 Å². The van der Waals surface area contributed by atoms with Gasteiger partial charge in [0.1, 0.15) is 0 Å². The van der Waals surface area contributed by atoms with Crippen molar-refractivity contribution in [2.75, 3.05) is 11.1 Å². The third kappa shape index (κ3) is 4.79. The van der Waals surface area contributed by atoms with Gasteiger partial charge >= 0.3 is 6.18 Å². The van der Waals surface area contributed by atoms with Crippen LogP contribution in [0.25, 0.3) is 0 Å². The molecule has 0 aliphatic heterocycles. The summed E-state index contributed by atoms with van der Waals surface area (Å²) in [5, 5.41) is 19.5. The number of anilines is 2. The largest absolute Gasteiger partial charge is 0.418 e. The summed E-state index contributed by atoms with van der Waals surface area (Å²) in [4.78, 5) is 21.8. The number of nitrogen functional groups attached to an aromatic ring is 1. The second kappa shape index (κ2) is 7.23. The number of halogens is 3. The lowest BCUT2D eigenvalue weighted by atomic mass is 10.1. The highest BCUT2D eigenvalue weighted by Crippen LogP contribution is 2.37. The molecule has 2 aromatic rings. The minimum atomic E-state index is -4.86. The van der Waals surface area contributed by atoms with Crippen molar-refractivity contribution in [1.82, 2.24) is 10.2 Å². The van der Waals surface area contributed by atoms with Gasteiger partial charge in [-0.1, -0.05) is 23.1 Å². The molecule has 1 amide bonds. The molecule has 0 fully saturated rings. The summed E-state index contributed by atoms with van der Waals surface area (Å²) < 4.78 is 39.6. The molecular weight excluding hydrogens is 383 g/mol. The van der Waals surface area contributed by atoms with Gasteiger partial charge in [-0.05, 0) is 13.0 Å². The van der Waals surface area contributed by atoms with E-state index in [1.54, 1.807) is 0 Å². The van der Waals surface area contributed by atoms with Crippen LogP contribution in [-0.4, -0.2) is 26.3 Å². The molecule has 3 N–H and O–H groups in total. The van der Waals surface area contributed by atoms with Gasteiger partial charge in [-0.3, -0.25) is 14.9 Å². The fraction of sp³-hybridized carbons (Fsp3) is 0.250. The van der Waals surface area contributed by atoms with Gasteiger partial charge in [0.15, 0.2) is 4.34 Å². The van der Waals surface area contributed by atoms with Crippen LogP contribution < -0.4 is 11.1 Å². The average molecular weight is 393 g/mol. The molecule has 0 aliphatic rings. The summed E-state index contributed by atoms with van der Waals surface area (Å²) in [5.41, 5.74) is 2.82. The Hall–Kier alpha value is -2.41. The fourth-order valence-corrected chi connectivity index (χ4v) is 3.48. The quantitative estimate of drug-likeness (QED) is 0.454. The number of aromatic nitrogens is 2. The molecule has 1 heterocycles. The van der Waals surface area contributed by atoms with Crippen LogP contribution in [0.5, 0.6) is 0 Å². The van der Waals surface area contributed by atoms with Gasteiger partial charge in [0.05, 0.1) is 21.4 Å². The number of thioether (sulfide) groups is 1. The molecule has 13 heteroatoms. The molecule has 0 spiro atoms.